The van der Waals surface area contributed by atoms with E-state index in [4.69, 9.17) is 0 Å². The largest absolute Gasteiger partial charge is 0.342 e. The molecule has 7 heteroatoms. The maximum atomic E-state index is 12.8. The van der Waals surface area contributed by atoms with Crippen molar-refractivity contribution in [2.24, 2.45) is 5.92 Å². The molecule has 2 aromatic heterocycles. The first kappa shape index (κ1) is 17.5. The quantitative estimate of drug-likeness (QED) is 0.863. The van der Waals surface area contributed by atoms with Crippen molar-refractivity contribution in [1.29, 1.82) is 0 Å². The SMILES string of the molecule is Cc1ncccc1C(=O)N[C@H](CC(C)C)c1nnc2n1CCNCC2. The molecule has 1 aliphatic rings. The number of hydrogen-bond donors (Lipinski definition) is 2. The molecule has 0 unspecified atom stereocenters. The Hall–Kier alpha value is -2.28. The van der Waals surface area contributed by atoms with Crippen molar-refractivity contribution in [2.75, 3.05) is 13.1 Å². The van der Waals surface area contributed by atoms with Crippen molar-refractivity contribution in [2.45, 2.75) is 46.2 Å². The molecule has 1 aliphatic heterocycles. The second kappa shape index (κ2) is 7.74. The molecule has 0 saturated heterocycles. The van der Waals surface area contributed by atoms with Crippen LogP contribution in [0.5, 0.6) is 0 Å². The first-order valence-corrected chi connectivity index (χ1v) is 8.91. The minimum Gasteiger partial charge on any atom is -0.342 e. The minimum absolute atomic E-state index is 0.111. The minimum atomic E-state index is -0.161. The smallest absolute Gasteiger partial charge is 0.253 e. The molecule has 134 valence electrons. The third kappa shape index (κ3) is 4.04. The summed E-state index contributed by atoms with van der Waals surface area (Å²) >= 11 is 0. The van der Waals surface area contributed by atoms with Crippen LogP contribution in [-0.2, 0) is 13.0 Å². The number of carbonyl (C=O) groups is 1. The standard InChI is InChI=1S/C18H26N6O/c1-12(2)11-15(21-18(25)14-5-4-7-20-13(14)3)17-23-22-16-6-8-19-9-10-24(16)17/h4-5,7,12,15,19H,6,8-11H2,1-3H3,(H,21,25)/t15-/m1/s1. The van der Waals surface area contributed by atoms with Crippen molar-refractivity contribution in [3.8, 4) is 0 Å². The number of carbonyl (C=O) groups excluding carboxylic acids is 1. The molecule has 0 saturated carbocycles. The van der Waals surface area contributed by atoms with Gasteiger partial charge in [-0.15, -0.1) is 10.2 Å². The van der Waals surface area contributed by atoms with Crippen LogP contribution < -0.4 is 10.6 Å². The molecule has 1 atom stereocenters. The Bertz CT molecular complexity index is 739. The number of hydrogen-bond acceptors (Lipinski definition) is 5. The Morgan fingerprint density at radius 1 is 1.36 bits per heavy atom. The summed E-state index contributed by atoms with van der Waals surface area (Å²) in [6.45, 7) is 8.77. The third-order valence-corrected chi connectivity index (χ3v) is 4.47. The van der Waals surface area contributed by atoms with E-state index in [1.165, 1.54) is 0 Å². The lowest BCUT2D eigenvalue weighted by molar-refractivity contribution is 0.0928. The van der Waals surface area contributed by atoms with Crippen molar-refractivity contribution in [3.63, 3.8) is 0 Å². The Labute approximate surface area is 148 Å². The second-order valence-corrected chi connectivity index (χ2v) is 6.92. The summed E-state index contributed by atoms with van der Waals surface area (Å²) in [5.74, 6) is 2.15. The molecule has 0 aliphatic carbocycles. The maximum Gasteiger partial charge on any atom is 0.253 e. The number of aromatic nitrogens is 4. The van der Waals surface area contributed by atoms with Gasteiger partial charge in [-0.3, -0.25) is 9.78 Å². The van der Waals surface area contributed by atoms with Gasteiger partial charge in [-0.2, -0.15) is 0 Å². The van der Waals surface area contributed by atoms with Crippen LogP contribution in [0.2, 0.25) is 0 Å². The van der Waals surface area contributed by atoms with E-state index in [-0.39, 0.29) is 11.9 Å². The van der Waals surface area contributed by atoms with Gasteiger partial charge in [0.25, 0.3) is 5.91 Å². The maximum absolute atomic E-state index is 12.8. The number of fused-ring (bicyclic) bond motifs is 1. The lowest BCUT2D eigenvalue weighted by Gasteiger charge is -2.21. The van der Waals surface area contributed by atoms with Gasteiger partial charge in [0.1, 0.15) is 5.82 Å². The predicted octanol–water partition coefficient (Wildman–Crippen LogP) is 1.64. The van der Waals surface area contributed by atoms with E-state index in [1.54, 1.807) is 18.3 Å². The number of aryl methyl sites for hydroxylation is 1. The summed E-state index contributed by atoms with van der Waals surface area (Å²) in [7, 11) is 0. The van der Waals surface area contributed by atoms with Crippen molar-refractivity contribution in [3.05, 3.63) is 41.2 Å². The highest BCUT2D eigenvalue weighted by Gasteiger charge is 2.25. The summed E-state index contributed by atoms with van der Waals surface area (Å²) in [4.78, 5) is 17.0. The van der Waals surface area contributed by atoms with Gasteiger partial charge in [0.2, 0.25) is 0 Å². The number of rotatable bonds is 5. The molecule has 1 amide bonds. The summed E-state index contributed by atoms with van der Waals surface area (Å²) in [5, 5.41) is 15.3. The number of nitrogens with zero attached hydrogens (tertiary/aromatic N) is 4. The van der Waals surface area contributed by atoms with Crippen molar-refractivity contribution >= 4 is 5.91 Å². The molecule has 0 spiro atoms. The zero-order valence-electron chi connectivity index (χ0n) is 15.1. The molecule has 2 aromatic rings. The van der Waals surface area contributed by atoms with Crippen LogP contribution in [0.15, 0.2) is 18.3 Å². The van der Waals surface area contributed by atoms with E-state index in [9.17, 15) is 4.79 Å². The van der Waals surface area contributed by atoms with Gasteiger partial charge >= 0.3 is 0 Å². The summed E-state index contributed by atoms with van der Waals surface area (Å²) in [6, 6.07) is 3.43. The van der Waals surface area contributed by atoms with Gasteiger partial charge in [-0.05, 0) is 31.4 Å². The normalized spacial score (nSPS) is 15.5. The Morgan fingerprint density at radius 3 is 2.96 bits per heavy atom. The van der Waals surface area contributed by atoms with E-state index in [1.807, 2.05) is 6.92 Å². The molecule has 25 heavy (non-hydrogen) atoms. The molecule has 0 aromatic carbocycles. The average molecular weight is 342 g/mol. The van der Waals surface area contributed by atoms with E-state index in [2.05, 4.69) is 44.2 Å². The zero-order valence-corrected chi connectivity index (χ0v) is 15.1. The average Bonchev–Trinajstić information content (AvgIpc) is 2.82. The molecule has 0 radical (unpaired) electrons. The Morgan fingerprint density at radius 2 is 2.20 bits per heavy atom. The van der Waals surface area contributed by atoms with Crippen LogP contribution in [0, 0.1) is 12.8 Å². The highest BCUT2D eigenvalue weighted by atomic mass is 16.1. The number of pyridine rings is 1. The molecule has 0 fully saturated rings. The summed E-state index contributed by atoms with van der Waals surface area (Å²) in [6.07, 6.45) is 3.37. The van der Waals surface area contributed by atoms with Crippen LogP contribution in [0.4, 0.5) is 0 Å². The number of nitrogens with one attached hydrogen (secondary N) is 2. The molecule has 0 bridgehead atoms. The molecule has 7 nitrogen and oxygen atoms in total. The Kier molecular flexibility index (Phi) is 5.43. The summed E-state index contributed by atoms with van der Waals surface area (Å²) < 4.78 is 2.16. The third-order valence-electron chi connectivity index (χ3n) is 4.47. The van der Waals surface area contributed by atoms with E-state index >= 15 is 0 Å². The van der Waals surface area contributed by atoms with Crippen molar-refractivity contribution < 1.29 is 4.79 Å². The highest BCUT2D eigenvalue weighted by Crippen LogP contribution is 2.22. The van der Waals surface area contributed by atoms with Crippen LogP contribution in [0.3, 0.4) is 0 Å². The van der Waals surface area contributed by atoms with E-state index < -0.39 is 0 Å². The topological polar surface area (TPSA) is 84.7 Å². The van der Waals surface area contributed by atoms with Gasteiger partial charge in [0.15, 0.2) is 5.82 Å². The van der Waals surface area contributed by atoms with Crippen LogP contribution in [-0.4, -0.2) is 38.7 Å². The van der Waals surface area contributed by atoms with Gasteiger partial charge in [0.05, 0.1) is 11.6 Å². The van der Waals surface area contributed by atoms with Gasteiger partial charge in [-0.25, -0.2) is 0 Å². The van der Waals surface area contributed by atoms with Crippen molar-refractivity contribution in [1.82, 2.24) is 30.4 Å². The lowest BCUT2D eigenvalue weighted by atomic mass is 10.0. The summed E-state index contributed by atoms with van der Waals surface area (Å²) in [5.41, 5.74) is 1.33. The first-order valence-electron chi connectivity index (χ1n) is 8.91. The fraction of sp³-hybridized carbons (Fsp3) is 0.556. The highest BCUT2D eigenvalue weighted by molar-refractivity contribution is 5.95. The van der Waals surface area contributed by atoms with Gasteiger partial charge in [0, 0.05) is 37.9 Å². The lowest BCUT2D eigenvalue weighted by Crippen LogP contribution is -2.32. The zero-order chi connectivity index (χ0) is 17.8. The number of amides is 1. The van der Waals surface area contributed by atoms with Gasteiger partial charge < -0.3 is 15.2 Å². The van der Waals surface area contributed by atoms with Crippen LogP contribution >= 0.6 is 0 Å². The molecular formula is C18H26N6O. The molecule has 3 heterocycles. The monoisotopic (exact) mass is 342 g/mol. The fourth-order valence-electron chi connectivity index (χ4n) is 3.21. The van der Waals surface area contributed by atoms with E-state index in [0.29, 0.717) is 11.5 Å². The fourth-order valence-corrected chi connectivity index (χ4v) is 3.21. The molecular weight excluding hydrogens is 316 g/mol. The molecule has 3 rings (SSSR count). The molecule has 2 N–H and O–H groups in total. The van der Waals surface area contributed by atoms with Crippen LogP contribution in [0.1, 0.15) is 54.0 Å². The van der Waals surface area contributed by atoms with E-state index in [0.717, 1.165) is 49.8 Å². The van der Waals surface area contributed by atoms with Gasteiger partial charge in [-0.1, -0.05) is 13.8 Å². The second-order valence-electron chi connectivity index (χ2n) is 6.92. The Balaban J connectivity index is 1.87. The predicted molar refractivity (Wildman–Crippen MR) is 95.2 cm³/mol. The first-order chi connectivity index (χ1) is 12.1. The van der Waals surface area contributed by atoms with Crippen LogP contribution in [0.25, 0.3) is 0 Å².